The fraction of sp³-hybridized carbons (Fsp3) is 0.111. The van der Waals surface area contributed by atoms with Crippen molar-refractivity contribution in [1.29, 1.82) is 0 Å². The molecule has 1 aromatic rings. The number of rotatable bonds is 1. The first-order valence-electron chi connectivity index (χ1n) is 3.55. The highest BCUT2D eigenvalue weighted by Crippen LogP contribution is 2.26. The maximum atomic E-state index is 12.9. The van der Waals surface area contributed by atoms with Crippen LogP contribution in [-0.2, 0) is 4.74 Å². The Kier molecular flexibility index (Phi) is 3.05. The minimum Gasteiger partial charge on any atom is -0.465 e. The monoisotopic (exact) mass is 213 g/mol. The molecule has 0 atom stereocenters. The molecule has 0 saturated heterocycles. The van der Waals surface area contributed by atoms with E-state index in [0.717, 1.165) is 12.1 Å². The SMILES string of the molecule is [C-]#[N+]c1cc(C(=O)OC)c(Cl)cc1F. The molecule has 0 spiro atoms. The summed E-state index contributed by atoms with van der Waals surface area (Å²) in [4.78, 5) is 14.0. The third-order valence-corrected chi connectivity index (χ3v) is 1.87. The normalized spacial score (nSPS) is 9.29. The molecule has 0 amide bonds. The van der Waals surface area contributed by atoms with E-state index in [-0.39, 0.29) is 16.3 Å². The van der Waals surface area contributed by atoms with Crippen molar-refractivity contribution in [1.82, 2.24) is 0 Å². The predicted octanol–water partition coefficient (Wildman–Crippen LogP) is 2.82. The van der Waals surface area contributed by atoms with Gasteiger partial charge in [-0.15, -0.1) is 0 Å². The maximum absolute atomic E-state index is 12.9. The molecular formula is C9H5ClFNO2. The molecule has 1 rings (SSSR count). The Labute approximate surface area is 84.9 Å². The van der Waals surface area contributed by atoms with E-state index in [2.05, 4.69) is 9.58 Å². The highest BCUT2D eigenvalue weighted by Gasteiger charge is 2.14. The standard InChI is InChI=1S/C9H5ClFNO2/c1-12-8-3-5(9(13)14-2)6(10)4-7(8)11/h3-4H,2H3. The van der Waals surface area contributed by atoms with Crippen LogP contribution >= 0.6 is 11.6 Å². The van der Waals surface area contributed by atoms with E-state index in [1.54, 1.807) is 0 Å². The molecule has 5 heteroatoms. The quantitative estimate of drug-likeness (QED) is 0.531. The van der Waals surface area contributed by atoms with Crippen LogP contribution < -0.4 is 0 Å². The second-order valence-corrected chi connectivity index (χ2v) is 2.79. The van der Waals surface area contributed by atoms with Crippen LogP contribution in [0.25, 0.3) is 4.85 Å². The summed E-state index contributed by atoms with van der Waals surface area (Å²) >= 11 is 5.59. The average molecular weight is 214 g/mol. The Hall–Kier alpha value is -1.60. The molecule has 72 valence electrons. The third kappa shape index (κ3) is 1.83. The van der Waals surface area contributed by atoms with Crippen LogP contribution in [-0.4, -0.2) is 13.1 Å². The van der Waals surface area contributed by atoms with Crippen molar-refractivity contribution >= 4 is 23.3 Å². The molecule has 3 nitrogen and oxygen atoms in total. The highest BCUT2D eigenvalue weighted by molar-refractivity contribution is 6.33. The van der Waals surface area contributed by atoms with E-state index in [1.807, 2.05) is 0 Å². The molecule has 0 aliphatic carbocycles. The summed E-state index contributed by atoms with van der Waals surface area (Å²) in [5, 5.41) is -0.0678. The van der Waals surface area contributed by atoms with E-state index >= 15 is 0 Å². The first kappa shape index (κ1) is 10.5. The zero-order chi connectivity index (χ0) is 10.7. The number of carbonyl (C=O) groups excluding carboxylic acids is 1. The summed E-state index contributed by atoms with van der Waals surface area (Å²) in [5.74, 6) is -1.45. The van der Waals surface area contributed by atoms with Gasteiger partial charge in [0.15, 0.2) is 0 Å². The van der Waals surface area contributed by atoms with Crippen LogP contribution in [0, 0.1) is 12.4 Å². The smallest absolute Gasteiger partial charge is 0.338 e. The number of esters is 1. The van der Waals surface area contributed by atoms with Gasteiger partial charge in [0.05, 0.1) is 24.3 Å². The molecule has 14 heavy (non-hydrogen) atoms. The second-order valence-electron chi connectivity index (χ2n) is 2.39. The zero-order valence-electron chi connectivity index (χ0n) is 7.17. The van der Waals surface area contributed by atoms with Gasteiger partial charge in [0.1, 0.15) is 5.82 Å². The number of hydrogen-bond donors (Lipinski definition) is 0. The molecule has 0 saturated carbocycles. The Morgan fingerprint density at radius 2 is 2.29 bits per heavy atom. The predicted molar refractivity (Wildman–Crippen MR) is 49.0 cm³/mol. The third-order valence-electron chi connectivity index (χ3n) is 1.56. The Morgan fingerprint density at radius 3 is 2.79 bits per heavy atom. The van der Waals surface area contributed by atoms with Crippen molar-refractivity contribution in [3.05, 3.63) is 40.0 Å². The van der Waals surface area contributed by atoms with Gasteiger partial charge in [0, 0.05) is 0 Å². The molecule has 0 unspecified atom stereocenters. The van der Waals surface area contributed by atoms with E-state index in [0.29, 0.717) is 0 Å². The van der Waals surface area contributed by atoms with Crippen molar-refractivity contribution in [2.24, 2.45) is 0 Å². The molecule has 0 radical (unpaired) electrons. The van der Waals surface area contributed by atoms with Crippen LogP contribution in [0.3, 0.4) is 0 Å². The van der Waals surface area contributed by atoms with Crippen molar-refractivity contribution in [2.75, 3.05) is 7.11 Å². The summed E-state index contributed by atoms with van der Waals surface area (Å²) in [6.45, 7) is 6.64. The molecule has 0 fully saturated rings. The van der Waals surface area contributed by atoms with E-state index in [9.17, 15) is 9.18 Å². The van der Waals surface area contributed by atoms with Crippen molar-refractivity contribution in [3.8, 4) is 0 Å². The van der Waals surface area contributed by atoms with Crippen molar-refractivity contribution in [2.45, 2.75) is 0 Å². The van der Waals surface area contributed by atoms with Crippen LogP contribution in [0.5, 0.6) is 0 Å². The minimum atomic E-state index is -0.752. The molecule has 0 heterocycles. The summed E-state index contributed by atoms with van der Waals surface area (Å²) < 4.78 is 17.4. The van der Waals surface area contributed by atoms with Crippen LogP contribution in [0.2, 0.25) is 5.02 Å². The van der Waals surface area contributed by atoms with Gasteiger partial charge in [0.25, 0.3) is 0 Å². The first-order chi connectivity index (χ1) is 6.60. The molecule has 0 N–H and O–H groups in total. The lowest BCUT2D eigenvalue weighted by atomic mass is 10.2. The number of methoxy groups -OCH3 is 1. The van der Waals surface area contributed by atoms with Gasteiger partial charge >= 0.3 is 5.97 Å². The number of hydrogen-bond acceptors (Lipinski definition) is 2. The van der Waals surface area contributed by atoms with Gasteiger partial charge in [-0.3, -0.25) is 0 Å². The molecular weight excluding hydrogens is 209 g/mol. The summed E-state index contributed by atoms with van der Waals surface area (Å²) in [5.41, 5.74) is -0.267. The topological polar surface area (TPSA) is 30.7 Å². The van der Waals surface area contributed by atoms with Gasteiger partial charge in [-0.2, -0.15) is 0 Å². The van der Waals surface area contributed by atoms with Crippen LogP contribution in [0.15, 0.2) is 12.1 Å². The number of ether oxygens (including phenoxy) is 1. The second kappa shape index (κ2) is 4.07. The minimum absolute atomic E-state index is 0.0124. The Balaban J connectivity index is 3.33. The molecule has 0 aliphatic rings. The van der Waals surface area contributed by atoms with Gasteiger partial charge in [-0.05, 0) is 12.1 Å². The fourth-order valence-corrected chi connectivity index (χ4v) is 1.12. The Bertz CT molecular complexity index is 426. The fourth-order valence-electron chi connectivity index (χ4n) is 0.890. The lowest BCUT2D eigenvalue weighted by molar-refractivity contribution is 0.0601. The van der Waals surface area contributed by atoms with Crippen molar-refractivity contribution < 1.29 is 13.9 Å². The first-order valence-corrected chi connectivity index (χ1v) is 3.92. The van der Waals surface area contributed by atoms with Crippen LogP contribution in [0.4, 0.5) is 10.1 Å². The van der Waals surface area contributed by atoms with Crippen molar-refractivity contribution in [3.63, 3.8) is 0 Å². The lowest BCUT2D eigenvalue weighted by Gasteiger charge is -2.03. The van der Waals surface area contributed by atoms with E-state index in [4.69, 9.17) is 18.2 Å². The summed E-state index contributed by atoms with van der Waals surface area (Å²) in [6.07, 6.45) is 0. The molecule has 0 aromatic heterocycles. The molecule has 0 aliphatic heterocycles. The van der Waals surface area contributed by atoms with Gasteiger partial charge in [-0.1, -0.05) is 11.6 Å². The average Bonchev–Trinajstić information content (AvgIpc) is 2.17. The highest BCUT2D eigenvalue weighted by atomic mass is 35.5. The number of carbonyl (C=O) groups is 1. The van der Waals surface area contributed by atoms with Crippen LogP contribution in [0.1, 0.15) is 10.4 Å². The zero-order valence-corrected chi connectivity index (χ0v) is 7.93. The number of halogens is 2. The largest absolute Gasteiger partial charge is 0.465 e. The summed E-state index contributed by atoms with van der Waals surface area (Å²) in [6, 6.07) is 1.98. The lowest BCUT2D eigenvalue weighted by Crippen LogP contribution is -2.02. The number of benzene rings is 1. The van der Waals surface area contributed by atoms with E-state index < -0.39 is 11.8 Å². The molecule has 1 aromatic carbocycles. The summed E-state index contributed by atoms with van der Waals surface area (Å²) in [7, 11) is 1.18. The molecule has 0 bridgehead atoms. The Morgan fingerprint density at radius 1 is 1.64 bits per heavy atom. The van der Waals surface area contributed by atoms with Gasteiger partial charge in [-0.25, -0.2) is 14.0 Å². The van der Waals surface area contributed by atoms with Gasteiger partial charge in [0.2, 0.25) is 5.69 Å². The number of nitrogens with zero attached hydrogens (tertiary/aromatic N) is 1. The van der Waals surface area contributed by atoms with E-state index in [1.165, 1.54) is 7.11 Å². The van der Waals surface area contributed by atoms with Gasteiger partial charge < -0.3 is 4.74 Å². The maximum Gasteiger partial charge on any atom is 0.338 e.